The van der Waals surface area contributed by atoms with Gasteiger partial charge in [0, 0.05) is 17.1 Å². The molecule has 2 aromatic carbocycles. The van der Waals surface area contributed by atoms with E-state index in [-0.39, 0.29) is 0 Å². The highest BCUT2D eigenvalue weighted by molar-refractivity contribution is 7.80. The van der Waals surface area contributed by atoms with Gasteiger partial charge in [-0.05, 0) is 24.6 Å². The number of benzene rings is 2. The SMILES string of the molecule is Cc1cccc(C(=S)NCc2ccccc2Cl)c1. The zero-order valence-corrected chi connectivity index (χ0v) is 11.7. The number of aryl methyl sites for hydroxylation is 1. The van der Waals surface area contributed by atoms with Crippen LogP contribution in [0.1, 0.15) is 16.7 Å². The predicted molar refractivity (Wildman–Crippen MR) is 81.2 cm³/mol. The highest BCUT2D eigenvalue weighted by atomic mass is 35.5. The maximum atomic E-state index is 6.10. The van der Waals surface area contributed by atoms with Crippen LogP contribution in [0.3, 0.4) is 0 Å². The van der Waals surface area contributed by atoms with Crippen molar-refractivity contribution in [2.24, 2.45) is 0 Å². The molecular weight excluding hydrogens is 262 g/mol. The summed E-state index contributed by atoms with van der Waals surface area (Å²) in [6.07, 6.45) is 0. The topological polar surface area (TPSA) is 12.0 Å². The van der Waals surface area contributed by atoms with Crippen molar-refractivity contribution in [3.63, 3.8) is 0 Å². The molecule has 0 aliphatic carbocycles. The molecule has 2 aromatic rings. The summed E-state index contributed by atoms with van der Waals surface area (Å²) in [6.45, 7) is 2.70. The minimum Gasteiger partial charge on any atom is -0.372 e. The maximum Gasteiger partial charge on any atom is 0.106 e. The van der Waals surface area contributed by atoms with Crippen molar-refractivity contribution in [2.75, 3.05) is 0 Å². The summed E-state index contributed by atoms with van der Waals surface area (Å²) in [5.74, 6) is 0. The normalized spacial score (nSPS) is 10.1. The summed E-state index contributed by atoms with van der Waals surface area (Å²) in [5, 5.41) is 3.99. The van der Waals surface area contributed by atoms with Gasteiger partial charge in [0.1, 0.15) is 4.99 Å². The van der Waals surface area contributed by atoms with Crippen molar-refractivity contribution in [3.05, 3.63) is 70.2 Å². The molecule has 0 fully saturated rings. The molecule has 2 rings (SSSR count). The lowest BCUT2D eigenvalue weighted by molar-refractivity contribution is 0.929. The lowest BCUT2D eigenvalue weighted by Crippen LogP contribution is -2.21. The maximum absolute atomic E-state index is 6.10. The molecule has 0 bridgehead atoms. The molecule has 0 saturated heterocycles. The van der Waals surface area contributed by atoms with Crippen molar-refractivity contribution in [2.45, 2.75) is 13.5 Å². The molecule has 1 N–H and O–H groups in total. The molecule has 0 spiro atoms. The van der Waals surface area contributed by atoms with Gasteiger partial charge in [0.15, 0.2) is 0 Å². The van der Waals surface area contributed by atoms with Crippen molar-refractivity contribution in [1.82, 2.24) is 5.32 Å². The fourth-order valence-corrected chi connectivity index (χ4v) is 2.11. The largest absolute Gasteiger partial charge is 0.372 e. The molecule has 0 unspecified atom stereocenters. The van der Waals surface area contributed by atoms with E-state index in [1.54, 1.807) is 0 Å². The van der Waals surface area contributed by atoms with E-state index in [1.165, 1.54) is 5.56 Å². The van der Waals surface area contributed by atoms with Crippen LogP contribution in [0.2, 0.25) is 5.02 Å². The first kappa shape index (κ1) is 13.1. The minimum absolute atomic E-state index is 0.645. The van der Waals surface area contributed by atoms with Gasteiger partial charge in [-0.1, -0.05) is 65.8 Å². The minimum atomic E-state index is 0.645. The van der Waals surface area contributed by atoms with Gasteiger partial charge in [0.25, 0.3) is 0 Å². The van der Waals surface area contributed by atoms with Crippen LogP contribution in [0.5, 0.6) is 0 Å². The smallest absolute Gasteiger partial charge is 0.106 e. The molecule has 3 heteroatoms. The fraction of sp³-hybridized carbons (Fsp3) is 0.133. The van der Waals surface area contributed by atoms with Crippen LogP contribution in [-0.4, -0.2) is 4.99 Å². The highest BCUT2D eigenvalue weighted by Gasteiger charge is 2.03. The molecule has 0 aromatic heterocycles. The van der Waals surface area contributed by atoms with Crippen molar-refractivity contribution >= 4 is 28.8 Å². The number of hydrogen-bond acceptors (Lipinski definition) is 1. The highest BCUT2D eigenvalue weighted by Crippen LogP contribution is 2.14. The molecule has 18 heavy (non-hydrogen) atoms. The van der Waals surface area contributed by atoms with Gasteiger partial charge in [-0.25, -0.2) is 0 Å². The summed E-state index contributed by atoms with van der Waals surface area (Å²) in [7, 11) is 0. The van der Waals surface area contributed by atoms with Crippen LogP contribution < -0.4 is 5.32 Å². The van der Waals surface area contributed by atoms with Gasteiger partial charge in [0.2, 0.25) is 0 Å². The molecule has 92 valence electrons. The summed E-state index contributed by atoms with van der Waals surface area (Å²) >= 11 is 11.5. The van der Waals surface area contributed by atoms with E-state index < -0.39 is 0 Å². The van der Waals surface area contributed by atoms with Crippen LogP contribution in [-0.2, 0) is 6.54 Å². The van der Waals surface area contributed by atoms with Gasteiger partial charge >= 0.3 is 0 Å². The number of rotatable bonds is 3. The molecule has 0 atom stereocenters. The Balaban J connectivity index is 2.03. The van der Waals surface area contributed by atoms with Gasteiger partial charge in [-0.15, -0.1) is 0 Å². The Kier molecular flexibility index (Phi) is 4.34. The number of nitrogens with one attached hydrogen (secondary N) is 1. The monoisotopic (exact) mass is 275 g/mol. The van der Waals surface area contributed by atoms with Crippen LogP contribution in [0.4, 0.5) is 0 Å². The molecule has 1 nitrogen and oxygen atoms in total. The zero-order chi connectivity index (χ0) is 13.0. The standard InChI is InChI=1S/C15H14ClNS/c1-11-5-4-7-12(9-11)15(18)17-10-13-6-2-3-8-14(13)16/h2-9H,10H2,1H3,(H,17,18). The van der Waals surface area contributed by atoms with Crippen LogP contribution in [0.15, 0.2) is 48.5 Å². The third-order valence-corrected chi connectivity index (χ3v) is 3.43. The van der Waals surface area contributed by atoms with Crippen LogP contribution in [0.25, 0.3) is 0 Å². The second kappa shape index (κ2) is 5.98. The molecule has 0 heterocycles. The van der Waals surface area contributed by atoms with Gasteiger partial charge < -0.3 is 5.32 Å². The van der Waals surface area contributed by atoms with Crippen molar-refractivity contribution in [3.8, 4) is 0 Å². The third-order valence-electron chi connectivity index (χ3n) is 2.68. The Morgan fingerprint density at radius 2 is 1.94 bits per heavy atom. The van der Waals surface area contributed by atoms with Crippen LogP contribution in [0, 0.1) is 6.92 Å². The summed E-state index contributed by atoms with van der Waals surface area (Å²) < 4.78 is 0. The first-order valence-corrected chi connectivity index (χ1v) is 6.54. The Labute approximate surface area is 118 Å². The molecule has 0 radical (unpaired) electrons. The van der Waals surface area contributed by atoms with E-state index in [2.05, 4.69) is 24.4 Å². The summed E-state index contributed by atoms with van der Waals surface area (Å²) in [5.41, 5.74) is 3.29. The van der Waals surface area contributed by atoms with E-state index in [4.69, 9.17) is 23.8 Å². The summed E-state index contributed by atoms with van der Waals surface area (Å²) in [6, 6.07) is 15.9. The second-order valence-electron chi connectivity index (χ2n) is 4.14. The fourth-order valence-electron chi connectivity index (χ4n) is 1.71. The lowest BCUT2D eigenvalue weighted by Gasteiger charge is -2.09. The molecule has 0 aliphatic rings. The second-order valence-corrected chi connectivity index (χ2v) is 4.96. The van der Waals surface area contributed by atoms with Gasteiger partial charge in [-0.2, -0.15) is 0 Å². The van der Waals surface area contributed by atoms with E-state index in [0.717, 1.165) is 21.1 Å². The predicted octanol–water partition coefficient (Wildman–Crippen LogP) is 4.11. The first-order chi connectivity index (χ1) is 8.66. The summed E-state index contributed by atoms with van der Waals surface area (Å²) in [4.78, 5) is 0.749. The average Bonchev–Trinajstić information content (AvgIpc) is 2.37. The van der Waals surface area contributed by atoms with Gasteiger partial charge in [0.05, 0.1) is 0 Å². The van der Waals surface area contributed by atoms with Crippen LogP contribution >= 0.6 is 23.8 Å². The van der Waals surface area contributed by atoms with Gasteiger partial charge in [-0.3, -0.25) is 0 Å². The first-order valence-electron chi connectivity index (χ1n) is 5.75. The quantitative estimate of drug-likeness (QED) is 0.846. The molecular formula is C15H14ClNS. The number of halogens is 1. The number of thiocarbonyl (C=S) groups is 1. The molecule has 0 amide bonds. The Morgan fingerprint density at radius 1 is 1.17 bits per heavy atom. The third kappa shape index (κ3) is 3.31. The lowest BCUT2D eigenvalue weighted by atomic mass is 10.1. The molecule has 0 saturated carbocycles. The average molecular weight is 276 g/mol. The number of hydrogen-bond donors (Lipinski definition) is 1. The van der Waals surface area contributed by atoms with E-state index in [0.29, 0.717) is 6.54 Å². The Hall–Kier alpha value is -1.38. The van der Waals surface area contributed by atoms with E-state index in [1.807, 2.05) is 36.4 Å². The Morgan fingerprint density at radius 3 is 2.67 bits per heavy atom. The van der Waals surface area contributed by atoms with Crippen molar-refractivity contribution < 1.29 is 0 Å². The van der Waals surface area contributed by atoms with Crippen molar-refractivity contribution in [1.29, 1.82) is 0 Å². The molecule has 0 aliphatic heterocycles. The van der Waals surface area contributed by atoms with E-state index >= 15 is 0 Å². The van der Waals surface area contributed by atoms with E-state index in [9.17, 15) is 0 Å². The Bertz CT molecular complexity index is 566. The zero-order valence-electron chi connectivity index (χ0n) is 10.1.